The van der Waals surface area contributed by atoms with Crippen LogP contribution < -0.4 is 10.9 Å². The van der Waals surface area contributed by atoms with Crippen LogP contribution in [0.5, 0.6) is 0 Å². The van der Waals surface area contributed by atoms with E-state index in [4.69, 9.17) is 4.74 Å². The normalized spacial score (nSPS) is 11.5. The smallest absolute Gasteiger partial charge is 0.425 e. The second-order valence-corrected chi connectivity index (χ2v) is 3.63. The van der Waals surface area contributed by atoms with Crippen LogP contribution >= 0.6 is 0 Å². The quantitative estimate of drug-likeness (QED) is 0.789. The first kappa shape index (κ1) is 14.0. The van der Waals surface area contributed by atoms with Gasteiger partial charge in [-0.25, -0.2) is 10.2 Å². The van der Waals surface area contributed by atoms with Crippen molar-refractivity contribution < 1.29 is 19.1 Å². The van der Waals surface area contributed by atoms with Crippen molar-refractivity contribution in [1.29, 1.82) is 0 Å². The van der Waals surface area contributed by atoms with E-state index in [0.717, 1.165) is 5.56 Å². The van der Waals surface area contributed by atoms with Crippen molar-refractivity contribution >= 4 is 12.0 Å². The Morgan fingerprint density at radius 2 is 1.72 bits per heavy atom. The SMILES string of the molecule is COC(=O)NNC(=O)C(OC)c1ccc(C)cc1. The maximum Gasteiger partial charge on any atom is 0.425 e. The summed E-state index contributed by atoms with van der Waals surface area (Å²) < 4.78 is 9.43. The number of nitrogens with one attached hydrogen (secondary N) is 2. The number of benzene rings is 1. The third kappa shape index (κ3) is 3.74. The summed E-state index contributed by atoms with van der Waals surface area (Å²) >= 11 is 0. The summed E-state index contributed by atoms with van der Waals surface area (Å²) in [5.41, 5.74) is 6.08. The zero-order chi connectivity index (χ0) is 13.5. The van der Waals surface area contributed by atoms with E-state index in [9.17, 15) is 9.59 Å². The van der Waals surface area contributed by atoms with Crippen molar-refractivity contribution in [2.24, 2.45) is 0 Å². The molecule has 1 aromatic carbocycles. The summed E-state index contributed by atoms with van der Waals surface area (Å²) in [5, 5.41) is 0. The summed E-state index contributed by atoms with van der Waals surface area (Å²) in [4.78, 5) is 22.6. The number of carbonyl (C=O) groups excluding carboxylic acids is 2. The third-order valence-corrected chi connectivity index (χ3v) is 2.33. The van der Waals surface area contributed by atoms with E-state index in [1.165, 1.54) is 14.2 Å². The molecule has 1 atom stereocenters. The Kier molecular flexibility index (Phi) is 5.13. The molecule has 0 radical (unpaired) electrons. The number of methoxy groups -OCH3 is 2. The zero-order valence-corrected chi connectivity index (χ0v) is 10.5. The number of aryl methyl sites for hydroxylation is 1. The van der Waals surface area contributed by atoms with Crippen LogP contribution in [0.3, 0.4) is 0 Å². The molecular weight excluding hydrogens is 236 g/mol. The van der Waals surface area contributed by atoms with E-state index < -0.39 is 18.1 Å². The van der Waals surface area contributed by atoms with E-state index in [1.54, 1.807) is 12.1 Å². The minimum absolute atomic E-state index is 0.480. The number of hydrazine groups is 1. The van der Waals surface area contributed by atoms with Crippen molar-refractivity contribution in [3.8, 4) is 0 Å². The minimum Gasteiger partial charge on any atom is -0.452 e. The van der Waals surface area contributed by atoms with E-state index in [1.807, 2.05) is 19.1 Å². The van der Waals surface area contributed by atoms with Crippen LogP contribution in [0.4, 0.5) is 4.79 Å². The molecule has 1 unspecified atom stereocenters. The zero-order valence-electron chi connectivity index (χ0n) is 10.5. The highest BCUT2D eigenvalue weighted by atomic mass is 16.5. The lowest BCUT2D eigenvalue weighted by atomic mass is 10.1. The maximum atomic E-state index is 11.8. The molecule has 0 aliphatic rings. The van der Waals surface area contributed by atoms with Gasteiger partial charge in [0.15, 0.2) is 6.10 Å². The fourth-order valence-electron chi connectivity index (χ4n) is 1.36. The molecule has 0 saturated carbocycles. The molecular formula is C12H16N2O4. The second-order valence-electron chi connectivity index (χ2n) is 3.63. The lowest BCUT2D eigenvalue weighted by Crippen LogP contribution is -2.44. The summed E-state index contributed by atoms with van der Waals surface area (Å²) in [6, 6.07) is 7.34. The van der Waals surface area contributed by atoms with Crippen LogP contribution in [0.2, 0.25) is 0 Å². The Labute approximate surface area is 105 Å². The number of amides is 2. The lowest BCUT2D eigenvalue weighted by Gasteiger charge is -2.15. The number of hydrogen-bond acceptors (Lipinski definition) is 4. The average Bonchev–Trinajstić information content (AvgIpc) is 2.39. The van der Waals surface area contributed by atoms with Crippen molar-refractivity contribution in [1.82, 2.24) is 10.9 Å². The van der Waals surface area contributed by atoms with Crippen LogP contribution in [0.25, 0.3) is 0 Å². The predicted octanol–water partition coefficient (Wildman–Crippen LogP) is 1.07. The molecule has 0 aliphatic heterocycles. The lowest BCUT2D eigenvalue weighted by molar-refractivity contribution is -0.132. The van der Waals surface area contributed by atoms with Gasteiger partial charge in [0, 0.05) is 7.11 Å². The Balaban J connectivity index is 2.68. The summed E-state index contributed by atoms with van der Waals surface area (Å²) in [5.74, 6) is -0.480. The van der Waals surface area contributed by atoms with Crippen LogP contribution in [0, 0.1) is 6.92 Å². The largest absolute Gasteiger partial charge is 0.452 e. The fraction of sp³-hybridized carbons (Fsp3) is 0.333. The minimum atomic E-state index is -0.789. The maximum absolute atomic E-state index is 11.8. The monoisotopic (exact) mass is 252 g/mol. The first-order valence-electron chi connectivity index (χ1n) is 5.31. The summed E-state index contributed by atoms with van der Waals surface area (Å²) in [7, 11) is 2.62. The molecule has 0 bridgehead atoms. The first-order chi connectivity index (χ1) is 8.58. The number of carbonyl (C=O) groups is 2. The van der Waals surface area contributed by atoms with E-state index in [2.05, 4.69) is 15.6 Å². The van der Waals surface area contributed by atoms with Gasteiger partial charge in [-0.2, -0.15) is 0 Å². The van der Waals surface area contributed by atoms with Crippen molar-refractivity contribution in [2.45, 2.75) is 13.0 Å². The van der Waals surface area contributed by atoms with Crippen LogP contribution in [0.1, 0.15) is 17.2 Å². The summed E-state index contributed by atoms with van der Waals surface area (Å²) in [6.45, 7) is 1.95. The molecule has 0 heterocycles. The van der Waals surface area contributed by atoms with Gasteiger partial charge in [-0.05, 0) is 12.5 Å². The number of ether oxygens (including phenoxy) is 2. The molecule has 98 valence electrons. The second kappa shape index (κ2) is 6.61. The van der Waals surface area contributed by atoms with Gasteiger partial charge in [0.1, 0.15) is 0 Å². The van der Waals surface area contributed by atoms with Gasteiger partial charge >= 0.3 is 6.09 Å². The molecule has 6 nitrogen and oxygen atoms in total. The van der Waals surface area contributed by atoms with Crippen LogP contribution in [0.15, 0.2) is 24.3 Å². The molecule has 6 heteroatoms. The van der Waals surface area contributed by atoms with E-state index in [-0.39, 0.29) is 0 Å². The van der Waals surface area contributed by atoms with Gasteiger partial charge in [0.2, 0.25) is 0 Å². The highest BCUT2D eigenvalue weighted by Crippen LogP contribution is 2.17. The molecule has 0 aromatic heterocycles. The average molecular weight is 252 g/mol. The molecule has 0 spiro atoms. The van der Waals surface area contributed by atoms with Crippen LogP contribution in [-0.4, -0.2) is 26.2 Å². The van der Waals surface area contributed by atoms with E-state index >= 15 is 0 Å². The highest BCUT2D eigenvalue weighted by molar-refractivity contribution is 5.83. The topological polar surface area (TPSA) is 76.7 Å². The Morgan fingerprint density at radius 3 is 2.22 bits per heavy atom. The van der Waals surface area contributed by atoms with Gasteiger partial charge < -0.3 is 9.47 Å². The summed E-state index contributed by atoms with van der Waals surface area (Å²) in [6.07, 6.45) is -1.54. The van der Waals surface area contributed by atoms with Gasteiger partial charge in [-0.3, -0.25) is 10.2 Å². The molecule has 1 aromatic rings. The Morgan fingerprint density at radius 1 is 1.11 bits per heavy atom. The van der Waals surface area contributed by atoms with E-state index in [0.29, 0.717) is 5.56 Å². The Hall–Kier alpha value is -2.08. The van der Waals surface area contributed by atoms with Gasteiger partial charge in [0.25, 0.3) is 5.91 Å². The molecule has 1 rings (SSSR count). The van der Waals surface area contributed by atoms with Gasteiger partial charge in [0.05, 0.1) is 7.11 Å². The first-order valence-corrected chi connectivity index (χ1v) is 5.31. The van der Waals surface area contributed by atoms with Crippen molar-refractivity contribution in [3.05, 3.63) is 35.4 Å². The highest BCUT2D eigenvalue weighted by Gasteiger charge is 2.20. The molecule has 18 heavy (non-hydrogen) atoms. The molecule has 0 aliphatic carbocycles. The van der Waals surface area contributed by atoms with Gasteiger partial charge in [-0.15, -0.1) is 0 Å². The predicted molar refractivity (Wildman–Crippen MR) is 64.6 cm³/mol. The molecule has 2 N–H and O–H groups in total. The third-order valence-electron chi connectivity index (χ3n) is 2.33. The Bertz CT molecular complexity index is 417. The molecule has 2 amide bonds. The fourth-order valence-corrected chi connectivity index (χ4v) is 1.36. The van der Waals surface area contributed by atoms with Crippen molar-refractivity contribution in [3.63, 3.8) is 0 Å². The number of hydrogen-bond donors (Lipinski definition) is 2. The molecule has 0 saturated heterocycles. The van der Waals surface area contributed by atoms with Crippen molar-refractivity contribution in [2.75, 3.05) is 14.2 Å². The number of rotatable bonds is 3. The van der Waals surface area contributed by atoms with Gasteiger partial charge in [-0.1, -0.05) is 29.8 Å². The standard InChI is InChI=1S/C12H16N2O4/c1-8-4-6-9(7-5-8)10(17-2)11(15)13-14-12(16)18-3/h4-7,10H,1-3H3,(H,13,15)(H,14,16). The molecule has 0 fully saturated rings. The van der Waals surface area contributed by atoms with Crippen LogP contribution in [-0.2, 0) is 14.3 Å².